The summed E-state index contributed by atoms with van der Waals surface area (Å²) in [5.74, 6) is -1.32. The molecular formula is C14H16FN3O3. The van der Waals surface area contributed by atoms with Gasteiger partial charge in [0.05, 0.1) is 0 Å². The Morgan fingerprint density at radius 3 is 2.62 bits per heavy atom. The number of carbonyl (C=O) groups is 3. The van der Waals surface area contributed by atoms with Crippen molar-refractivity contribution in [1.82, 2.24) is 10.2 Å². The van der Waals surface area contributed by atoms with Crippen LogP contribution in [-0.2, 0) is 9.59 Å². The summed E-state index contributed by atoms with van der Waals surface area (Å²) in [6.45, 7) is 1.55. The standard InChI is InChI=1S/C14H16FN3O3/c1-2-3-11-13(20)18(14(21)17-11)8-12(19)16-10-6-4-9(15)5-7-10/h4-7,11H,2-3,8H2,1H3,(H,16,19)(H,17,21)/t11-/m0/s1. The molecule has 1 aromatic rings. The molecule has 2 rings (SSSR count). The number of benzene rings is 1. The lowest BCUT2D eigenvalue weighted by Crippen LogP contribution is -2.38. The van der Waals surface area contributed by atoms with E-state index in [4.69, 9.17) is 0 Å². The maximum Gasteiger partial charge on any atom is 0.325 e. The Morgan fingerprint density at radius 2 is 2.00 bits per heavy atom. The quantitative estimate of drug-likeness (QED) is 0.807. The van der Waals surface area contributed by atoms with Crippen molar-refractivity contribution in [2.75, 3.05) is 11.9 Å². The normalized spacial score (nSPS) is 17.8. The Kier molecular flexibility index (Phi) is 4.52. The molecule has 1 aromatic carbocycles. The van der Waals surface area contributed by atoms with Crippen LogP contribution in [-0.4, -0.2) is 35.3 Å². The fraction of sp³-hybridized carbons (Fsp3) is 0.357. The Hall–Kier alpha value is -2.44. The van der Waals surface area contributed by atoms with Crippen LogP contribution < -0.4 is 10.6 Å². The van der Waals surface area contributed by atoms with Crippen LogP contribution in [0.5, 0.6) is 0 Å². The fourth-order valence-electron chi connectivity index (χ4n) is 2.09. The van der Waals surface area contributed by atoms with Crippen molar-refractivity contribution in [3.05, 3.63) is 30.1 Å². The summed E-state index contributed by atoms with van der Waals surface area (Å²) in [7, 11) is 0. The van der Waals surface area contributed by atoms with Crippen molar-refractivity contribution in [3.8, 4) is 0 Å². The van der Waals surface area contributed by atoms with Gasteiger partial charge in [-0.15, -0.1) is 0 Å². The van der Waals surface area contributed by atoms with Crippen LogP contribution >= 0.6 is 0 Å². The fourth-order valence-corrected chi connectivity index (χ4v) is 2.09. The smallest absolute Gasteiger partial charge is 0.325 e. The van der Waals surface area contributed by atoms with Crippen LogP contribution in [0.4, 0.5) is 14.9 Å². The Labute approximate surface area is 121 Å². The van der Waals surface area contributed by atoms with Gasteiger partial charge in [-0.3, -0.25) is 14.5 Å². The summed E-state index contributed by atoms with van der Waals surface area (Å²) in [6, 6.07) is 4.10. The molecule has 7 heteroatoms. The topological polar surface area (TPSA) is 78.5 Å². The molecule has 1 aliphatic heterocycles. The van der Waals surface area contributed by atoms with Gasteiger partial charge < -0.3 is 10.6 Å². The highest BCUT2D eigenvalue weighted by atomic mass is 19.1. The van der Waals surface area contributed by atoms with E-state index in [1.54, 1.807) is 0 Å². The first-order valence-corrected chi connectivity index (χ1v) is 6.68. The highest BCUT2D eigenvalue weighted by molar-refractivity contribution is 6.07. The molecule has 0 aliphatic carbocycles. The number of halogens is 1. The van der Waals surface area contributed by atoms with Gasteiger partial charge in [0, 0.05) is 5.69 Å². The molecule has 0 spiro atoms. The molecule has 1 heterocycles. The maximum absolute atomic E-state index is 12.8. The minimum Gasteiger partial charge on any atom is -0.326 e. The van der Waals surface area contributed by atoms with Crippen LogP contribution in [0, 0.1) is 5.82 Å². The zero-order chi connectivity index (χ0) is 15.4. The van der Waals surface area contributed by atoms with Gasteiger partial charge in [0.2, 0.25) is 5.91 Å². The molecule has 0 aromatic heterocycles. The number of nitrogens with one attached hydrogen (secondary N) is 2. The van der Waals surface area contributed by atoms with E-state index in [-0.39, 0.29) is 6.54 Å². The number of anilines is 1. The number of amides is 4. The van der Waals surface area contributed by atoms with Gasteiger partial charge in [-0.1, -0.05) is 13.3 Å². The van der Waals surface area contributed by atoms with Crippen molar-refractivity contribution in [2.24, 2.45) is 0 Å². The van der Waals surface area contributed by atoms with Crippen LogP contribution in [0.3, 0.4) is 0 Å². The van der Waals surface area contributed by atoms with Crippen molar-refractivity contribution in [2.45, 2.75) is 25.8 Å². The SMILES string of the molecule is CCC[C@@H]1NC(=O)N(CC(=O)Nc2ccc(F)cc2)C1=O. The molecule has 1 saturated heterocycles. The molecule has 0 unspecified atom stereocenters. The average Bonchev–Trinajstić information content (AvgIpc) is 2.70. The first-order chi connectivity index (χ1) is 10.0. The van der Waals surface area contributed by atoms with E-state index in [9.17, 15) is 18.8 Å². The van der Waals surface area contributed by atoms with Crippen molar-refractivity contribution in [1.29, 1.82) is 0 Å². The largest absolute Gasteiger partial charge is 0.326 e. The van der Waals surface area contributed by atoms with Crippen LogP contribution in [0.2, 0.25) is 0 Å². The molecule has 0 radical (unpaired) electrons. The van der Waals surface area contributed by atoms with Gasteiger partial charge in [0.25, 0.3) is 5.91 Å². The number of rotatable bonds is 5. The van der Waals surface area contributed by atoms with Gasteiger partial charge in [0.1, 0.15) is 18.4 Å². The molecule has 1 aliphatic rings. The van der Waals surface area contributed by atoms with E-state index in [2.05, 4.69) is 10.6 Å². The second-order valence-electron chi connectivity index (χ2n) is 4.77. The molecule has 0 saturated carbocycles. The molecule has 1 atom stereocenters. The van der Waals surface area contributed by atoms with E-state index in [1.165, 1.54) is 24.3 Å². The molecule has 112 valence electrons. The lowest BCUT2D eigenvalue weighted by atomic mass is 10.2. The van der Waals surface area contributed by atoms with Crippen molar-refractivity contribution >= 4 is 23.5 Å². The molecule has 4 amide bonds. The second-order valence-corrected chi connectivity index (χ2v) is 4.77. The van der Waals surface area contributed by atoms with Gasteiger partial charge in [-0.05, 0) is 30.7 Å². The maximum atomic E-state index is 12.8. The van der Waals surface area contributed by atoms with Crippen LogP contribution in [0.1, 0.15) is 19.8 Å². The third-order valence-electron chi connectivity index (χ3n) is 3.11. The highest BCUT2D eigenvalue weighted by Gasteiger charge is 2.38. The molecule has 6 nitrogen and oxygen atoms in total. The molecule has 1 fully saturated rings. The van der Waals surface area contributed by atoms with Gasteiger partial charge in [-0.25, -0.2) is 9.18 Å². The molecule has 21 heavy (non-hydrogen) atoms. The molecule has 2 N–H and O–H groups in total. The number of nitrogens with zero attached hydrogens (tertiary/aromatic N) is 1. The highest BCUT2D eigenvalue weighted by Crippen LogP contribution is 2.12. The van der Waals surface area contributed by atoms with Gasteiger partial charge in [-0.2, -0.15) is 0 Å². The summed E-state index contributed by atoms with van der Waals surface area (Å²) < 4.78 is 12.8. The summed E-state index contributed by atoms with van der Waals surface area (Å²) in [6.07, 6.45) is 1.30. The van der Waals surface area contributed by atoms with E-state index in [1.807, 2.05) is 6.92 Å². The third kappa shape index (κ3) is 3.56. The van der Waals surface area contributed by atoms with Gasteiger partial charge in [0.15, 0.2) is 0 Å². The zero-order valence-electron chi connectivity index (χ0n) is 11.6. The van der Waals surface area contributed by atoms with E-state index >= 15 is 0 Å². The van der Waals surface area contributed by atoms with Crippen LogP contribution in [0.25, 0.3) is 0 Å². The first kappa shape index (κ1) is 15.0. The first-order valence-electron chi connectivity index (χ1n) is 6.68. The van der Waals surface area contributed by atoms with Crippen LogP contribution in [0.15, 0.2) is 24.3 Å². The monoisotopic (exact) mass is 293 g/mol. The Bertz CT molecular complexity index is 559. The number of hydrogen-bond donors (Lipinski definition) is 2. The average molecular weight is 293 g/mol. The molecule has 0 bridgehead atoms. The number of carbonyl (C=O) groups excluding carboxylic acids is 3. The third-order valence-corrected chi connectivity index (χ3v) is 3.11. The van der Waals surface area contributed by atoms with E-state index in [0.29, 0.717) is 12.1 Å². The summed E-state index contributed by atoms with van der Waals surface area (Å²) in [5, 5.41) is 5.04. The van der Waals surface area contributed by atoms with Gasteiger partial charge >= 0.3 is 6.03 Å². The molecular weight excluding hydrogens is 277 g/mol. The zero-order valence-corrected chi connectivity index (χ0v) is 11.6. The van der Waals surface area contributed by atoms with Crippen molar-refractivity contribution < 1.29 is 18.8 Å². The van der Waals surface area contributed by atoms with E-state index < -0.39 is 29.7 Å². The second kappa shape index (κ2) is 6.34. The summed E-state index contributed by atoms with van der Waals surface area (Å²) >= 11 is 0. The van der Waals surface area contributed by atoms with E-state index in [0.717, 1.165) is 11.3 Å². The summed E-state index contributed by atoms with van der Waals surface area (Å²) in [5.41, 5.74) is 0.401. The predicted molar refractivity (Wildman–Crippen MR) is 74.0 cm³/mol. The lowest BCUT2D eigenvalue weighted by Gasteiger charge is -2.12. The Balaban J connectivity index is 1.94. The number of urea groups is 1. The summed E-state index contributed by atoms with van der Waals surface area (Å²) in [4.78, 5) is 36.3. The number of hydrogen-bond acceptors (Lipinski definition) is 3. The predicted octanol–water partition coefficient (Wildman–Crippen LogP) is 1.48. The van der Waals surface area contributed by atoms with Crippen molar-refractivity contribution in [3.63, 3.8) is 0 Å². The Morgan fingerprint density at radius 1 is 1.33 bits per heavy atom. The lowest BCUT2D eigenvalue weighted by molar-refractivity contribution is -0.130. The minimum absolute atomic E-state index is 0.359. The number of imide groups is 1. The minimum atomic E-state index is -0.562.